The van der Waals surface area contributed by atoms with Crippen LogP contribution in [0.3, 0.4) is 0 Å². The number of ether oxygens (including phenoxy) is 1. The van der Waals surface area contributed by atoms with Gasteiger partial charge >= 0.3 is 0 Å². The van der Waals surface area contributed by atoms with Crippen molar-refractivity contribution in [1.29, 1.82) is 0 Å². The van der Waals surface area contributed by atoms with E-state index in [4.69, 9.17) is 4.74 Å². The number of halogens is 1. The molecule has 0 fully saturated rings. The molecule has 2 unspecified atom stereocenters. The Bertz CT molecular complexity index is 763. The van der Waals surface area contributed by atoms with E-state index in [0.717, 1.165) is 31.2 Å². The van der Waals surface area contributed by atoms with Crippen molar-refractivity contribution in [3.05, 3.63) is 42.2 Å². The highest BCUT2D eigenvalue weighted by Crippen LogP contribution is 2.20. The first kappa shape index (κ1) is 29.3. The minimum Gasteiger partial charge on any atom is -0.487 e. The fourth-order valence-electron chi connectivity index (χ4n) is 4.55. The summed E-state index contributed by atoms with van der Waals surface area (Å²) in [6.07, 6.45) is 20.9. The lowest BCUT2D eigenvalue weighted by Crippen LogP contribution is -2.14. The Morgan fingerprint density at radius 2 is 1.34 bits per heavy atom. The van der Waals surface area contributed by atoms with Crippen LogP contribution in [0.4, 0.5) is 4.39 Å². The summed E-state index contributed by atoms with van der Waals surface area (Å²) in [6.45, 7) is 6.70. The molecule has 0 spiro atoms. The van der Waals surface area contributed by atoms with Crippen LogP contribution in [0.2, 0.25) is 0 Å². The molecule has 3 nitrogen and oxygen atoms in total. The molecule has 1 heterocycles. The van der Waals surface area contributed by atoms with E-state index in [0.29, 0.717) is 23.9 Å². The third kappa shape index (κ3) is 13.1. The second-order valence-corrected chi connectivity index (χ2v) is 10.3. The van der Waals surface area contributed by atoms with E-state index in [2.05, 4.69) is 55.0 Å². The standard InChI is InChI=1S/C31H49FN2O/c1-4-6-7-8-9-10-11-12-13-14-16-27-18-20-28(21-19-27)31-33-23-30(24-34-31)35-25-29(32)22-17-26(3)15-5-2/h18-21,23-24,26,29H,4-17,22,25H2,1-3H3. The van der Waals surface area contributed by atoms with E-state index >= 15 is 0 Å². The summed E-state index contributed by atoms with van der Waals surface area (Å²) in [5.74, 6) is 1.77. The van der Waals surface area contributed by atoms with Crippen molar-refractivity contribution in [3.8, 4) is 17.1 Å². The highest BCUT2D eigenvalue weighted by molar-refractivity contribution is 5.55. The van der Waals surface area contributed by atoms with Gasteiger partial charge in [0.05, 0.1) is 12.4 Å². The van der Waals surface area contributed by atoms with E-state index in [1.54, 1.807) is 12.4 Å². The van der Waals surface area contributed by atoms with Crippen LogP contribution in [0.15, 0.2) is 36.7 Å². The molecule has 0 saturated heterocycles. The molecule has 0 N–H and O–H groups in total. The van der Waals surface area contributed by atoms with Gasteiger partial charge in [-0.2, -0.15) is 0 Å². The highest BCUT2D eigenvalue weighted by atomic mass is 19.1. The molecule has 4 heteroatoms. The fourth-order valence-corrected chi connectivity index (χ4v) is 4.55. The van der Waals surface area contributed by atoms with Crippen molar-refractivity contribution >= 4 is 0 Å². The molecular weight excluding hydrogens is 435 g/mol. The number of rotatable bonds is 20. The summed E-state index contributed by atoms with van der Waals surface area (Å²) < 4.78 is 19.7. The molecule has 0 aliphatic carbocycles. The summed E-state index contributed by atoms with van der Waals surface area (Å²) in [5, 5.41) is 0. The number of unbranched alkanes of at least 4 members (excludes halogenated alkanes) is 9. The first-order valence-corrected chi connectivity index (χ1v) is 14.3. The lowest BCUT2D eigenvalue weighted by Gasteiger charge is -2.13. The van der Waals surface area contributed by atoms with E-state index in [9.17, 15) is 4.39 Å². The van der Waals surface area contributed by atoms with Crippen molar-refractivity contribution in [1.82, 2.24) is 9.97 Å². The number of aryl methyl sites for hydroxylation is 1. The van der Waals surface area contributed by atoms with Gasteiger partial charge in [0.15, 0.2) is 11.6 Å². The quantitative estimate of drug-likeness (QED) is 0.175. The van der Waals surface area contributed by atoms with Crippen LogP contribution >= 0.6 is 0 Å². The van der Waals surface area contributed by atoms with Gasteiger partial charge < -0.3 is 4.74 Å². The SMILES string of the molecule is CCCCCCCCCCCCc1ccc(-c2ncc(OCC(F)CCC(C)CCC)cn2)cc1. The first-order valence-electron chi connectivity index (χ1n) is 14.3. The van der Waals surface area contributed by atoms with Gasteiger partial charge in [-0.1, -0.05) is 116 Å². The van der Waals surface area contributed by atoms with Crippen LogP contribution in [-0.2, 0) is 6.42 Å². The molecule has 2 rings (SSSR count). The average Bonchev–Trinajstić information content (AvgIpc) is 2.88. The molecule has 0 aliphatic heterocycles. The second kappa shape index (κ2) is 18.3. The van der Waals surface area contributed by atoms with Gasteiger partial charge in [-0.3, -0.25) is 0 Å². The summed E-state index contributed by atoms with van der Waals surface area (Å²) in [7, 11) is 0. The largest absolute Gasteiger partial charge is 0.487 e. The monoisotopic (exact) mass is 484 g/mol. The number of hydrogen-bond donors (Lipinski definition) is 0. The predicted octanol–water partition coefficient (Wildman–Crippen LogP) is 9.54. The molecule has 0 bridgehead atoms. The van der Waals surface area contributed by atoms with Crippen molar-refractivity contribution in [2.24, 2.45) is 5.92 Å². The van der Waals surface area contributed by atoms with Gasteiger partial charge in [0.1, 0.15) is 12.8 Å². The molecule has 196 valence electrons. The molecule has 0 radical (unpaired) electrons. The lowest BCUT2D eigenvalue weighted by atomic mass is 9.99. The van der Waals surface area contributed by atoms with Crippen molar-refractivity contribution < 1.29 is 9.13 Å². The normalized spacial score (nSPS) is 13.0. The number of hydrogen-bond acceptors (Lipinski definition) is 3. The fraction of sp³-hybridized carbons (Fsp3) is 0.677. The van der Waals surface area contributed by atoms with Crippen LogP contribution < -0.4 is 4.74 Å². The molecular formula is C31H49FN2O. The number of benzene rings is 1. The van der Waals surface area contributed by atoms with Crippen LogP contribution in [0, 0.1) is 5.92 Å². The Balaban J connectivity index is 1.63. The van der Waals surface area contributed by atoms with Gasteiger partial charge in [-0.25, -0.2) is 14.4 Å². The molecule has 0 aliphatic rings. The molecule has 1 aromatic carbocycles. The van der Waals surface area contributed by atoms with E-state index in [1.165, 1.54) is 69.8 Å². The number of alkyl halides is 1. The average molecular weight is 485 g/mol. The Morgan fingerprint density at radius 3 is 1.94 bits per heavy atom. The van der Waals surface area contributed by atoms with Crippen LogP contribution in [0.25, 0.3) is 11.4 Å². The van der Waals surface area contributed by atoms with E-state index in [-0.39, 0.29) is 6.61 Å². The van der Waals surface area contributed by atoms with Crippen LogP contribution in [-0.4, -0.2) is 22.7 Å². The number of nitrogens with zero attached hydrogens (tertiary/aromatic N) is 2. The molecule has 2 aromatic rings. The Kier molecular flexibility index (Phi) is 15.3. The number of aromatic nitrogens is 2. The maximum Gasteiger partial charge on any atom is 0.159 e. The Morgan fingerprint density at radius 1 is 0.743 bits per heavy atom. The Labute approximate surface area is 214 Å². The van der Waals surface area contributed by atoms with Crippen LogP contribution in [0.5, 0.6) is 5.75 Å². The molecule has 0 saturated carbocycles. The van der Waals surface area contributed by atoms with Gasteiger partial charge in [0, 0.05) is 5.56 Å². The summed E-state index contributed by atoms with van der Waals surface area (Å²) in [6, 6.07) is 8.56. The van der Waals surface area contributed by atoms with Crippen molar-refractivity contribution in [3.63, 3.8) is 0 Å². The summed E-state index contributed by atoms with van der Waals surface area (Å²) in [4.78, 5) is 8.85. The van der Waals surface area contributed by atoms with Crippen molar-refractivity contribution in [2.75, 3.05) is 6.61 Å². The lowest BCUT2D eigenvalue weighted by molar-refractivity contribution is 0.178. The highest BCUT2D eigenvalue weighted by Gasteiger charge is 2.11. The minimum absolute atomic E-state index is 0.0647. The van der Waals surface area contributed by atoms with Gasteiger partial charge in [0.2, 0.25) is 0 Å². The molecule has 2 atom stereocenters. The zero-order valence-corrected chi connectivity index (χ0v) is 22.6. The van der Waals surface area contributed by atoms with E-state index in [1.807, 2.05) is 0 Å². The van der Waals surface area contributed by atoms with Crippen LogP contribution in [0.1, 0.15) is 116 Å². The maximum atomic E-state index is 14.1. The predicted molar refractivity (Wildman–Crippen MR) is 147 cm³/mol. The molecule has 1 aromatic heterocycles. The third-order valence-electron chi connectivity index (χ3n) is 6.84. The second-order valence-electron chi connectivity index (χ2n) is 10.3. The maximum absolute atomic E-state index is 14.1. The van der Waals surface area contributed by atoms with E-state index < -0.39 is 6.17 Å². The molecule has 35 heavy (non-hydrogen) atoms. The van der Waals surface area contributed by atoms with Gasteiger partial charge in [0.25, 0.3) is 0 Å². The first-order chi connectivity index (χ1) is 17.1. The summed E-state index contributed by atoms with van der Waals surface area (Å²) >= 11 is 0. The third-order valence-corrected chi connectivity index (χ3v) is 6.84. The zero-order valence-electron chi connectivity index (χ0n) is 22.6. The Hall–Kier alpha value is -1.97. The topological polar surface area (TPSA) is 35.0 Å². The summed E-state index contributed by atoms with van der Waals surface area (Å²) in [5.41, 5.74) is 2.37. The smallest absolute Gasteiger partial charge is 0.159 e. The van der Waals surface area contributed by atoms with Crippen molar-refractivity contribution in [2.45, 2.75) is 123 Å². The van der Waals surface area contributed by atoms with Gasteiger partial charge in [-0.05, 0) is 37.2 Å². The minimum atomic E-state index is -0.947. The van der Waals surface area contributed by atoms with Gasteiger partial charge in [-0.15, -0.1) is 0 Å². The zero-order chi connectivity index (χ0) is 25.1. The molecule has 0 amide bonds.